The molecular weight excluding hydrogens is 280 g/mol. The van der Waals surface area contributed by atoms with Gasteiger partial charge in [-0.2, -0.15) is 0 Å². The molecule has 0 aliphatic heterocycles. The van der Waals surface area contributed by atoms with E-state index >= 15 is 0 Å². The Morgan fingerprint density at radius 2 is 1.68 bits per heavy atom. The van der Waals surface area contributed by atoms with Crippen LogP contribution in [-0.4, -0.2) is 31.9 Å². The van der Waals surface area contributed by atoms with Crippen molar-refractivity contribution in [1.29, 1.82) is 0 Å². The minimum absolute atomic E-state index is 0.108. The molecule has 128 valence electrons. The fourth-order valence-electron chi connectivity index (χ4n) is 2.04. The zero-order valence-corrected chi connectivity index (χ0v) is 14.2. The quantitative estimate of drug-likeness (QED) is 0.257. The van der Waals surface area contributed by atoms with Gasteiger partial charge in [-0.05, 0) is 13.3 Å². The molecule has 1 unspecified atom stereocenters. The molecule has 4 nitrogen and oxygen atoms in total. The lowest BCUT2D eigenvalue weighted by Crippen LogP contribution is -2.25. The summed E-state index contributed by atoms with van der Waals surface area (Å²) in [6.07, 6.45) is 12.7. The van der Waals surface area contributed by atoms with Gasteiger partial charge in [0.25, 0.3) is 0 Å². The molecule has 0 bridgehead atoms. The lowest BCUT2D eigenvalue weighted by Gasteiger charge is -2.14. The van der Waals surface area contributed by atoms with Gasteiger partial charge in [0.2, 0.25) is 0 Å². The SMILES string of the molecule is [CH]OC(COCCCCCCCCCC)COC(=O)C=CC. The van der Waals surface area contributed by atoms with Gasteiger partial charge in [0.15, 0.2) is 0 Å². The molecule has 0 aromatic heterocycles. The second kappa shape index (κ2) is 16.5. The second-order valence-corrected chi connectivity index (χ2v) is 5.44. The van der Waals surface area contributed by atoms with Crippen molar-refractivity contribution in [3.05, 3.63) is 19.3 Å². The van der Waals surface area contributed by atoms with Gasteiger partial charge in [-0.25, -0.2) is 4.79 Å². The van der Waals surface area contributed by atoms with Crippen LogP contribution in [0.3, 0.4) is 0 Å². The first-order valence-electron chi connectivity index (χ1n) is 8.47. The van der Waals surface area contributed by atoms with Gasteiger partial charge in [0.1, 0.15) is 19.8 Å². The summed E-state index contributed by atoms with van der Waals surface area (Å²) in [6.45, 7) is 5.13. The first kappa shape index (κ1) is 21.1. The predicted molar refractivity (Wildman–Crippen MR) is 88.4 cm³/mol. The Morgan fingerprint density at radius 1 is 1.05 bits per heavy atom. The molecule has 4 heteroatoms. The molecule has 22 heavy (non-hydrogen) atoms. The maximum atomic E-state index is 11.2. The highest BCUT2D eigenvalue weighted by Crippen LogP contribution is 2.08. The van der Waals surface area contributed by atoms with Crippen molar-refractivity contribution < 1.29 is 19.0 Å². The van der Waals surface area contributed by atoms with E-state index < -0.39 is 12.1 Å². The summed E-state index contributed by atoms with van der Waals surface area (Å²) in [4.78, 5) is 11.2. The number of esters is 1. The Labute approximate surface area is 136 Å². The molecule has 0 spiro atoms. The minimum atomic E-state index is -0.414. The number of ether oxygens (including phenoxy) is 3. The zero-order valence-electron chi connectivity index (χ0n) is 14.2. The van der Waals surface area contributed by atoms with Crippen molar-refractivity contribution in [3.8, 4) is 0 Å². The van der Waals surface area contributed by atoms with E-state index in [0.29, 0.717) is 13.2 Å². The third-order valence-corrected chi connectivity index (χ3v) is 3.35. The maximum Gasteiger partial charge on any atom is 0.330 e. The lowest BCUT2D eigenvalue weighted by molar-refractivity contribution is -0.142. The first-order chi connectivity index (χ1) is 10.7. The largest absolute Gasteiger partial charge is 0.460 e. The fraction of sp³-hybridized carbons (Fsp3) is 0.778. The second-order valence-electron chi connectivity index (χ2n) is 5.44. The first-order valence-corrected chi connectivity index (χ1v) is 8.47. The molecule has 0 saturated carbocycles. The molecule has 2 radical (unpaired) electrons. The van der Waals surface area contributed by atoms with E-state index in [0.717, 1.165) is 6.42 Å². The minimum Gasteiger partial charge on any atom is -0.460 e. The Hall–Kier alpha value is -0.870. The number of rotatable bonds is 15. The third kappa shape index (κ3) is 14.1. The highest BCUT2D eigenvalue weighted by atomic mass is 16.6. The van der Waals surface area contributed by atoms with Gasteiger partial charge in [0.05, 0.1) is 6.61 Å². The van der Waals surface area contributed by atoms with E-state index in [1.807, 2.05) is 0 Å². The lowest BCUT2D eigenvalue weighted by atomic mass is 10.1. The molecule has 0 rings (SSSR count). The van der Waals surface area contributed by atoms with E-state index in [-0.39, 0.29) is 6.61 Å². The zero-order chi connectivity index (χ0) is 16.5. The summed E-state index contributed by atoms with van der Waals surface area (Å²) in [7, 11) is 5.16. The van der Waals surface area contributed by atoms with Crippen LogP contribution in [0.1, 0.15) is 65.2 Å². The van der Waals surface area contributed by atoms with E-state index in [1.54, 1.807) is 13.0 Å². The van der Waals surface area contributed by atoms with E-state index in [9.17, 15) is 4.79 Å². The number of carbonyl (C=O) groups is 1. The van der Waals surface area contributed by atoms with Crippen molar-refractivity contribution in [1.82, 2.24) is 0 Å². The van der Waals surface area contributed by atoms with E-state index in [1.165, 1.54) is 51.0 Å². The van der Waals surface area contributed by atoms with Crippen molar-refractivity contribution in [2.24, 2.45) is 0 Å². The van der Waals surface area contributed by atoms with Crippen LogP contribution in [0.5, 0.6) is 0 Å². The van der Waals surface area contributed by atoms with Crippen LogP contribution in [0, 0.1) is 7.11 Å². The molecule has 0 aromatic rings. The molecule has 0 aromatic carbocycles. The summed E-state index contributed by atoms with van der Waals surface area (Å²) in [5, 5.41) is 0. The average Bonchev–Trinajstić information content (AvgIpc) is 2.52. The van der Waals surface area contributed by atoms with Crippen molar-refractivity contribution in [3.63, 3.8) is 0 Å². The molecular formula is C18H32O4. The Balaban J connectivity index is 3.41. The summed E-state index contributed by atoms with van der Waals surface area (Å²) in [5.74, 6) is -0.396. The van der Waals surface area contributed by atoms with Gasteiger partial charge < -0.3 is 14.2 Å². The summed E-state index contributed by atoms with van der Waals surface area (Å²) in [6, 6.07) is 0. The van der Waals surface area contributed by atoms with E-state index in [4.69, 9.17) is 21.3 Å². The molecule has 0 aliphatic rings. The van der Waals surface area contributed by atoms with Crippen LogP contribution >= 0.6 is 0 Å². The average molecular weight is 312 g/mol. The number of carbonyl (C=O) groups excluding carboxylic acids is 1. The standard InChI is InChI=1S/C18H32O4/c1-4-6-7-8-9-10-11-12-14-21-15-17(20-3)16-22-18(19)13-5-2/h3,5,13,17H,4,6-12,14-16H2,1-2H3. The smallest absolute Gasteiger partial charge is 0.330 e. The van der Waals surface area contributed by atoms with Gasteiger partial charge in [-0.1, -0.05) is 57.9 Å². The van der Waals surface area contributed by atoms with Crippen molar-refractivity contribution >= 4 is 5.97 Å². The molecule has 0 amide bonds. The van der Waals surface area contributed by atoms with Crippen molar-refractivity contribution in [2.75, 3.05) is 19.8 Å². The number of allylic oxidation sites excluding steroid dienone is 1. The molecule has 0 saturated heterocycles. The normalized spacial score (nSPS) is 12.7. The molecule has 1 atom stereocenters. The van der Waals surface area contributed by atoms with Gasteiger partial charge in [0, 0.05) is 12.7 Å². The topological polar surface area (TPSA) is 44.8 Å². The van der Waals surface area contributed by atoms with Crippen LogP contribution in [0.2, 0.25) is 0 Å². The fourth-order valence-corrected chi connectivity index (χ4v) is 2.04. The molecule has 0 fully saturated rings. The van der Waals surface area contributed by atoms with Gasteiger partial charge >= 0.3 is 5.97 Å². The van der Waals surface area contributed by atoms with Gasteiger partial charge in [-0.15, -0.1) is 0 Å². The van der Waals surface area contributed by atoms with Crippen LogP contribution < -0.4 is 0 Å². The summed E-state index contributed by atoms with van der Waals surface area (Å²) >= 11 is 0. The Morgan fingerprint density at radius 3 is 2.27 bits per heavy atom. The number of hydrogen-bond donors (Lipinski definition) is 0. The van der Waals surface area contributed by atoms with Crippen molar-refractivity contribution in [2.45, 2.75) is 71.3 Å². The van der Waals surface area contributed by atoms with Crippen LogP contribution in [0.25, 0.3) is 0 Å². The molecule has 0 aliphatic carbocycles. The number of unbranched alkanes of at least 4 members (excludes halogenated alkanes) is 7. The number of hydrogen-bond acceptors (Lipinski definition) is 4. The Bertz CT molecular complexity index is 276. The summed E-state index contributed by atoms with van der Waals surface area (Å²) in [5.41, 5.74) is 0. The van der Waals surface area contributed by atoms with Crippen LogP contribution in [0.4, 0.5) is 0 Å². The highest BCUT2D eigenvalue weighted by Gasteiger charge is 2.10. The predicted octanol–water partition coefficient (Wildman–Crippen LogP) is 4.32. The van der Waals surface area contributed by atoms with Crippen LogP contribution in [0.15, 0.2) is 12.2 Å². The van der Waals surface area contributed by atoms with Crippen LogP contribution in [-0.2, 0) is 19.0 Å². The monoisotopic (exact) mass is 312 g/mol. The third-order valence-electron chi connectivity index (χ3n) is 3.35. The Kier molecular flexibility index (Phi) is 15.8. The molecule has 0 heterocycles. The van der Waals surface area contributed by atoms with E-state index in [2.05, 4.69) is 6.92 Å². The summed E-state index contributed by atoms with van der Waals surface area (Å²) < 4.78 is 15.2. The highest BCUT2D eigenvalue weighted by molar-refractivity contribution is 5.81. The molecule has 0 N–H and O–H groups in total. The van der Waals surface area contributed by atoms with Gasteiger partial charge in [-0.3, -0.25) is 0 Å². The maximum absolute atomic E-state index is 11.2.